The van der Waals surface area contributed by atoms with E-state index in [9.17, 15) is 9.18 Å². The van der Waals surface area contributed by atoms with Gasteiger partial charge >= 0.3 is 5.76 Å². The molecule has 0 bridgehead atoms. The zero-order valence-electron chi connectivity index (χ0n) is 13.2. The third kappa shape index (κ3) is 3.15. The summed E-state index contributed by atoms with van der Waals surface area (Å²) in [6, 6.07) is 10.8. The van der Waals surface area contributed by atoms with E-state index in [0.29, 0.717) is 17.1 Å². The molecule has 7 heteroatoms. The van der Waals surface area contributed by atoms with Crippen LogP contribution in [0.2, 0.25) is 0 Å². The molecule has 0 saturated carbocycles. The SMILES string of the molecule is COc1ccc(OC)c(Cn2nc(-c3ccc(F)cc3)oc2=O)c1. The molecule has 0 atom stereocenters. The van der Waals surface area contributed by atoms with Crippen LogP contribution in [0.1, 0.15) is 5.56 Å². The Bertz CT molecular complexity index is 900. The zero-order valence-corrected chi connectivity index (χ0v) is 13.2. The minimum Gasteiger partial charge on any atom is -0.497 e. The normalized spacial score (nSPS) is 10.6. The van der Waals surface area contributed by atoms with Crippen LogP contribution >= 0.6 is 0 Å². The fraction of sp³-hybridized carbons (Fsp3) is 0.176. The summed E-state index contributed by atoms with van der Waals surface area (Å²) < 4.78 is 29.8. The number of hydrogen-bond donors (Lipinski definition) is 0. The van der Waals surface area contributed by atoms with Crippen molar-refractivity contribution in [1.29, 1.82) is 0 Å². The summed E-state index contributed by atoms with van der Waals surface area (Å²) in [7, 11) is 3.10. The molecule has 0 N–H and O–H groups in total. The van der Waals surface area contributed by atoms with Gasteiger partial charge in [-0.1, -0.05) is 0 Å². The molecule has 0 fully saturated rings. The van der Waals surface area contributed by atoms with Gasteiger partial charge in [-0.05, 0) is 42.5 Å². The molecule has 0 spiro atoms. The average molecular weight is 330 g/mol. The topological polar surface area (TPSA) is 66.5 Å². The Kier molecular flexibility index (Phi) is 4.33. The molecule has 0 radical (unpaired) electrons. The van der Waals surface area contributed by atoms with E-state index in [-0.39, 0.29) is 18.3 Å². The van der Waals surface area contributed by atoms with Gasteiger partial charge < -0.3 is 13.9 Å². The van der Waals surface area contributed by atoms with Crippen molar-refractivity contribution in [2.75, 3.05) is 14.2 Å². The van der Waals surface area contributed by atoms with Gasteiger partial charge in [0.25, 0.3) is 0 Å². The maximum absolute atomic E-state index is 13.0. The van der Waals surface area contributed by atoms with Crippen LogP contribution < -0.4 is 15.2 Å². The van der Waals surface area contributed by atoms with E-state index < -0.39 is 5.76 Å². The van der Waals surface area contributed by atoms with Crippen molar-refractivity contribution in [2.45, 2.75) is 6.54 Å². The highest BCUT2D eigenvalue weighted by Crippen LogP contribution is 2.24. The first-order valence-electron chi connectivity index (χ1n) is 7.15. The van der Waals surface area contributed by atoms with Gasteiger partial charge in [0.05, 0.1) is 20.8 Å². The van der Waals surface area contributed by atoms with Gasteiger partial charge in [-0.3, -0.25) is 0 Å². The summed E-state index contributed by atoms with van der Waals surface area (Å²) in [6.07, 6.45) is 0. The molecule has 1 heterocycles. The maximum Gasteiger partial charge on any atom is 0.437 e. The number of hydrogen-bond acceptors (Lipinski definition) is 5. The Morgan fingerprint density at radius 2 is 1.88 bits per heavy atom. The highest BCUT2D eigenvalue weighted by Gasteiger charge is 2.13. The summed E-state index contributed by atoms with van der Waals surface area (Å²) in [5.41, 5.74) is 1.24. The fourth-order valence-corrected chi connectivity index (χ4v) is 2.28. The fourth-order valence-electron chi connectivity index (χ4n) is 2.28. The number of ether oxygens (including phenoxy) is 2. The second kappa shape index (κ2) is 6.57. The zero-order chi connectivity index (χ0) is 17.1. The number of methoxy groups -OCH3 is 2. The van der Waals surface area contributed by atoms with Crippen LogP contribution in [0.3, 0.4) is 0 Å². The molecule has 3 aromatic rings. The highest BCUT2D eigenvalue weighted by molar-refractivity contribution is 5.51. The van der Waals surface area contributed by atoms with Gasteiger partial charge in [-0.2, -0.15) is 4.68 Å². The molecule has 6 nitrogen and oxygen atoms in total. The van der Waals surface area contributed by atoms with Crippen molar-refractivity contribution < 1.29 is 18.3 Å². The highest BCUT2D eigenvalue weighted by atomic mass is 19.1. The summed E-state index contributed by atoms with van der Waals surface area (Å²) in [4.78, 5) is 12.0. The van der Waals surface area contributed by atoms with Crippen LogP contribution in [0.15, 0.2) is 51.7 Å². The van der Waals surface area contributed by atoms with E-state index in [0.717, 1.165) is 5.56 Å². The molecule has 1 aromatic heterocycles. The first kappa shape index (κ1) is 15.8. The predicted molar refractivity (Wildman–Crippen MR) is 84.8 cm³/mol. The maximum atomic E-state index is 13.0. The first-order chi connectivity index (χ1) is 11.6. The Morgan fingerprint density at radius 1 is 1.12 bits per heavy atom. The standard InChI is InChI=1S/C17H15FN2O4/c1-22-14-7-8-15(23-2)12(9-14)10-20-17(21)24-16(19-20)11-3-5-13(18)6-4-11/h3-9H,10H2,1-2H3. The molecule has 0 unspecified atom stereocenters. The molecular formula is C17H15FN2O4. The van der Waals surface area contributed by atoms with Crippen molar-refractivity contribution in [3.05, 3.63) is 64.4 Å². The van der Waals surface area contributed by atoms with E-state index in [1.807, 2.05) is 0 Å². The largest absolute Gasteiger partial charge is 0.497 e. The molecule has 0 amide bonds. The lowest BCUT2D eigenvalue weighted by Crippen LogP contribution is -2.17. The number of rotatable bonds is 5. The van der Waals surface area contributed by atoms with E-state index in [1.54, 1.807) is 32.4 Å². The molecule has 0 aliphatic heterocycles. The van der Waals surface area contributed by atoms with Crippen LogP contribution in [0.25, 0.3) is 11.5 Å². The van der Waals surface area contributed by atoms with Crippen LogP contribution in [0.5, 0.6) is 11.5 Å². The third-order valence-electron chi connectivity index (χ3n) is 3.51. The lowest BCUT2D eigenvalue weighted by molar-refractivity contribution is 0.395. The minimum absolute atomic E-state index is 0.127. The first-order valence-corrected chi connectivity index (χ1v) is 7.15. The molecule has 124 valence electrons. The molecule has 0 aliphatic rings. The van der Waals surface area contributed by atoms with E-state index in [4.69, 9.17) is 13.9 Å². The molecule has 2 aromatic carbocycles. The summed E-state index contributed by atoms with van der Waals surface area (Å²) >= 11 is 0. The van der Waals surface area contributed by atoms with Gasteiger partial charge in [0, 0.05) is 11.1 Å². The Morgan fingerprint density at radius 3 is 2.54 bits per heavy atom. The summed E-state index contributed by atoms with van der Waals surface area (Å²) in [6.45, 7) is 0.157. The molecule has 3 rings (SSSR count). The second-order valence-corrected chi connectivity index (χ2v) is 5.02. The third-order valence-corrected chi connectivity index (χ3v) is 3.51. The van der Waals surface area contributed by atoms with Crippen LogP contribution in [0.4, 0.5) is 4.39 Å². The molecule has 0 aliphatic carbocycles. The van der Waals surface area contributed by atoms with E-state index in [1.165, 1.54) is 28.9 Å². The predicted octanol–water partition coefficient (Wildman–Crippen LogP) is 2.71. The number of nitrogens with zero attached hydrogens (tertiary/aromatic N) is 2. The van der Waals surface area contributed by atoms with Crippen molar-refractivity contribution in [3.8, 4) is 23.0 Å². The molecule has 24 heavy (non-hydrogen) atoms. The van der Waals surface area contributed by atoms with Crippen molar-refractivity contribution in [3.63, 3.8) is 0 Å². The van der Waals surface area contributed by atoms with E-state index in [2.05, 4.69) is 5.10 Å². The van der Waals surface area contributed by atoms with Crippen LogP contribution in [-0.4, -0.2) is 24.0 Å². The van der Waals surface area contributed by atoms with Crippen molar-refractivity contribution >= 4 is 0 Å². The van der Waals surface area contributed by atoms with Crippen molar-refractivity contribution in [2.24, 2.45) is 0 Å². The van der Waals surface area contributed by atoms with Gasteiger partial charge in [-0.15, -0.1) is 5.10 Å². The number of halogens is 1. The Hall–Kier alpha value is -3.09. The lowest BCUT2D eigenvalue weighted by atomic mass is 10.2. The summed E-state index contributed by atoms with van der Waals surface area (Å²) in [5, 5.41) is 4.15. The lowest BCUT2D eigenvalue weighted by Gasteiger charge is -2.09. The second-order valence-electron chi connectivity index (χ2n) is 5.02. The molecular weight excluding hydrogens is 315 g/mol. The smallest absolute Gasteiger partial charge is 0.437 e. The minimum atomic E-state index is -0.612. The van der Waals surface area contributed by atoms with Gasteiger partial charge in [-0.25, -0.2) is 9.18 Å². The van der Waals surface area contributed by atoms with Gasteiger partial charge in [0.1, 0.15) is 17.3 Å². The Labute approximate surface area is 137 Å². The van der Waals surface area contributed by atoms with Crippen molar-refractivity contribution in [1.82, 2.24) is 9.78 Å². The van der Waals surface area contributed by atoms with E-state index >= 15 is 0 Å². The summed E-state index contributed by atoms with van der Waals surface area (Å²) in [5.74, 6) is 0.387. The van der Waals surface area contributed by atoms with Gasteiger partial charge in [0.15, 0.2) is 0 Å². The van der Waals surface area contributed by atoms with Crippen LogP contribution in [-0.2, 0) is 6.54 Å². The quantitative estimate of drug-likeness (QED) is 0.719. The number of benzene rings is 2. The van der Waals surface area contributed by atoms with Crippen LogP contribution in [0, 0.1) is 5.82 Å². The average Bonchev–Trinajstić information content (AvgIpc) is 2.96. The Balaban J connectivity index is 1.94. The number of aromatic nitrogens is 2. The monoisotopic (exact) mass is 330 g/mol. The van der Waals surface area contributed by atoms with Gasteiger partial charge in [0.2, 0.25) is 5.89 Å². The molecule has 0 saturated heterocycles.